The van der Waals surface area contributed by atoms with E-state index >= 15 is 0 Å². The molecule has 0 unspecified atom stereocenters. The second-order valence-electron chi connectivity index (χ2n) is 4.93. The molecule has 2 rings (SSSR count). The fraction of sp³-hybridized carbons (Fsp3) is 0.429. The second kappa shape index (κ2) is 5.83. The first-order valence-electron chi connectivity index (χ1n) is 6.32. The maximum absolute atomic E-state index is 13.5. The van der Waals surface area contributed by atoms with Crippen LogP contribution in [0.5, 0.6) is 0 Å². The lowest BCUT2D eigenvalue weighted by molar-refractivity contribution is -0.148. The lowest BCUT2D eigenvalue weighted by Gasteiger charge is -2.38. The van der Waals surface area contributed by atoms with Crippen LogP contribution in [-0.4, -0.2) is 28.8 Å². The fourth-order valence-corrected chi connectivity index (χ4v) is 2.73. The van der Waals surface area contributed by atoms with Crippen LogP contribution in [0, 0.1) is 5.82 Å². The summed E-state index contributed by atoms with van der Waals surface area (Å²) in [5, 5.41) is 11.8. The zero-order valence-electron chi connectivity index (χ0n) is 11.1. The highest BCUT2D eigenvalue weighted by molar-refractivity contribution is 7.97. The van der Waals surface area contributed by atoms with Crippen LogP contribution in [0.15, 0.2) is 18.2 Å². The Hall–Kier alpha value is -1.56. The molecule has 0 atom stereocenters. The van der Waals surface area contributed by atoms with Gasteiger partial charge in [-0.15, -0.1) is 0 Å². The van der Waals surface area contributed by atoms with Crippen molar-refractivity contribution in [1.29, 1.82) is 0 Å². The molecule has 1 fully saturated rings. The minimum absolute atomic E-state index is 0.294. The fourth-order valence-electron chi connectivity index (χ4n) is 2.19. The highest BCUT2D eigenvalue weighted by Gasteiger charge is 2.45. The van der Waals surface area contributed by atoms with Crippen molar-refractivity contribution in [3.8, 4) is 0 Å². The molecule has 6 heteroatoms. The quantitative estimate of drug-likeness (QED) is 0.876. The molecule has 4 nitrogen and oxygen atoms in total. The van der Waals surface area contributed by atoms with E-state index < -0.39 is 17.4 Å². The molecule has 1 aromatic carbocycles. The van der Waals surface area contributed by atoms with E-state index in [-0.39, 0.29) is 5.82 Å². The number of hydrogen-bond donors (Lipinski definition) is 2. The first-order chi connectivity index (χ1) is 9.48. The van der Waals surface area contributed by atoms with Gasteiger partial charge in [0.2, 0.25) is 0 Å². The van der Waals surface area contributed by atoms with Crippen LogP contribution in [0.4, 0.5) is 4.39 Å². The van der Waals surface area contributed by atoms with Gasteiger partial charge in [-0.25, -0.2) is 9.18 Å². The average molecular weight is 297 g/mol. The van der Waals surface area contributed by atoms with E-state index in [4.69, 9.17) is 0 Å². The van der Waals surface area contributed by atoms with Gasteiger partial charge in [-0.3, -0.25) is 4.79 Å². The van der Waals surface area contributed by atoms with Gasteiger partial charge in [-0.05, 0) is 49.3 Å². The van der Waals surface area contributed by atoms with Gasteiger partial charge in [0.1, 0.15) is 11.4 Å². The third-order valence-electron chi connectivity index (χ3n) is 3.58. The van der Waals surface area contributed by atoms with Gasteiger partial charge in [0, 0.05) is 11.3 Å². The third-order valence-corrected chi connectivity index (χ3v) is 4.18. The first-order valence-corrected chi connectivity index (χ1v) is 7.71. The number of carboxylic acids is 1. The van der Waals surface area contributed by atoms with Crippen molar-refractivity contribution >= 4 is 23.6 Å². The number of halogens is 1. The summed E-state index contributed by atoms with van der Waals surface area (Å²) in [5.41, 5.74) is -0.406. The van der Waals surface area contributed by atoms with Gasteiger partial charge < -0.3 is 10.4 Å². The summed E-state index contributed by atoms with van der Waals surface area (Å²) in [4.78, 5) is 23.3. The van der Waals surface area contributed by atoms with Crippen LogP contribution >= 0.6 is 11.8 Å². The molecule has 0 aromatic heterocycles. The van der Waals surface area contributed by atoms with Gasteiger partial charge >= 0.3 is 5.97 Å². The summed E-state index contributed by atoms with van der Waals surface area (Å²) in [7, 11) is 0. The van der Waals surface area contributed by atoms with Crippen molar-refractivity contribution in [3.63, 3.8) is 0 Å². The maximum Gasteiger partial charge on any atom is 0.329 e. The van der Waals surface area contributed by atoms with Gasteiger partial charge in [-0.1, -0.05) is 0 Å². The Bertz CT molecular complexity index is 543. The molecule has 0 radical (unpaired) electrons. The largest absolute Gasteiger partial charge is 0.480 e. The van der Waals surface area contributed by atoms with Crippen LogP contribution in [-0.2, 0) is 10.5 Å². The minimum Gasteiger partial charge on any atom is -0.480 e. The molecule has 0 heterocycles. The zero-order chi connectivity index (χ0) is 14.8. The van der Waals surface area contributed by atoms with Gasteiger partial charge in [0.15, 0.2) is 0 Å². The number of hydrogen-bond acceptors (Lipinski definition) is 3. The van der Waals surface area contributed by atoms with E-state index in [1.54, 1.807) is 0 Å². The van der Waals surface area contributed by atoms with Gasteiger partial charge in [0.05, 0.1) is 0 Å². The summed E-state index contributed by atoms with van der Waals surface area (Å²) in [6.07, 6.45) is 3.51. The lowest BCUT2D eigenvalue weighted by atomic mass is 9.76. The second-order valence-corrected chi connectivity index (χ2v) is 5.80. The minimum atomic E-state index is -1.15. The number of carbonyl (C=O) groups is 2. The van der Waals surface area contributed by atoms with E-state index in [0.29, 0.717) is 29.7 Å². The Morgan fingerprint density at radius 1 is 1.45 bits per heavy atom. The average Bonchev–Trinajstić information content (AvgIpc) is 2.36. The molecule has 1 aliphatic rings. The zero-order valence-corrected chi connectivity index (χ0v) is 11.9. The molecule has 1 saturated carbocycles. The van der Waals surface area contributed by atoms with Crippen LogP contribution in [0.2, 0.25) is 0 Å². The van der Waals surface area contributed by atoms with E-state index in [0.717, 1.165) is 6.42 Å². The normalized spacial score (nSPS) is 16.3. The van der Waals surface area contributed by atoms with Crippen molar-refractivity contribution in [3.05, 3.63) is 35.1 Å². The van der Waals surface area contributed by atoms with E-state index in [9.17, 15) is 19.1 Å². The van der Waals surface area contributed by atoms with E-state index in [1.165, 1.54) is 30.0 Å². The Labute approximate surface area is 120 Å². The lowest BCUT2D eigenvalue weighted by Crippen LogP contribution is -2.59. The Morgan fingerprint density at radius 3 is 2.65 bits per heavy atom. The van der Waals surface area contributed by atoms with Crippen molar-refractivity contribution in [1.82, 2.24) is 5.32 Å². The van der Waals surface area contributed by atoms with Crippen LogP contribution < -0.4 is 5.32 Å². The predicted molar refractivity (Wildman–Crippen MR) is 75.3 cm³/mol. The molecule has 0 aliphatic heterocycles. The molecule has 1 aromatic rings. The van der Waals surface area contributed by atoms with Crippen molar-refractivity contribution in [2.75, 3.05) is 6.26 Å². The smallest absolute Gasteiger partial charge is 0.329 e. The Kier molecular flexibility index (Phi) is 4.32. The SMILES string of the molecule is CSCc1cc(C(=O)NC2(C(=O)O)CCC2)ccc1F. The number of benzene rings is 1. The van der Waals surface area contributed by atoms with Crippen LogP contribution in [0.1, 0.15) is 35.2 Å². The Morgan fingerprint density at radius 2 is 2.15 bits per heavy atom. The molecule has 108 valence electrons. The molecule has 0 saturated heterocycles. The van der Waals surface area contributed by atoms with Crippen LogP contribution in [0.25, 0.3) is 0 Å². The molecule has 1 amide bonds. The van der Waals surface area contributed by atoms with Gasteiger partial charge in [0.25, 0.3) is 5.91 Å². The molecule has 20 heavy (non-hydrogen) atoms. The monoisotopic (exact) mass is 297 g/mol. The predicted octanol–water partition coefficient (Wildman–Crippen LogP) is 2.43. The standard InChI is InChI=1S/C14H16FNO3S/c1-20-8-10-7-9(3-4-11(10)15)12(17)16-14(13(18)19)5-2-6-14/h3-4,7H,2,5-6,8H2,1H3,(H,16,17)(H,18,19). The molecule has 2 N–H and O–H groups in total. The molecule has 0 bridgehead atoms. The number of carbonyl (C=O) groups excluding carboxylic acids is 1. The van der Waals surface area contributed by atoms with Crippen molar-refractivity contribution in [2.45, 2.75) is 30.6 Å². The number of amides is 1. The van der Waals surface area contributed by atoms with Crippen molar-refractivity contribution in [2.24, 2.45) is 0 Å². The Balaban J connectivity index is 2.17. The number of aliphatic carboxylic acids is 1. The number of rotatable bonds is 5. The number of carboxylic acid groups (broad SMARTS) is 1. The maximum atomic E-state index is 13.5. The van der Waals surface area contributed by atoms with E-state index in [2.05, 4.69) is 5.32 Å². The number of nitrogens with one attached hydrogen (secondary N) is 1. The highest BCUT2D eigenvalue weighted by atomic mass is 32.2. The molecular formula is C14H16FNO3S. The summed E-state index contributed by atoms with van der Waals surface area (Å²) in [5.74, 6) is -1.36. The highest BCUT2D eigenvalue weighted by Crippen LogP contribution is 2.32. The number of thioether (sulfide) groups is 1. The van der Waals surface area contributed by atoms with Gasteiger partial charge in [-0.2, -0.15) is 11.8 Å². The molecule has 1 aliphatic carbocycles. The van der Waals surface area contributed by atoms with Crippen molar-refractivity contribution < 1.29 is 19.1 Å². The third kappa shape index (κ3) is 2.80. The first kappa shape index (κ1) is 14.8. The molecular weight excluding hydrogens is 281 g/mol. The summed E-state index contributed by atoms with van der Waals surface area (Å²) in [6.45, 7) is 0. The summed E-state index contributed by atoms with van der Waals surface area (Å²) in [6, 6.07) is 4.10. The molecule has 0 spiro atoms. The van der Waals surface area contributed by atoms with E-state index in [1.807, 2.05) is 6.26 Å². The van der Waals surface area contributed by atoms with Crippen LogP contribution in [0.3, 0.4) is 0 Å². The summed E-state index contributed by atoms with van der Waals surface area (Å²) < 4.78 is 13.5. The topological polar surface area (TPSA) is 66.4 Å². The summed E-state index contributed by atoms with van der Waals surface area (Å²) >= 11 is 1.46.